The number of methoxy groups -OCH3 is 2. The summed E-state index contributed by atoms with van der Waals surface area (Å²) < 4.78 is 15.6. The first kappa shape index (κ1) is 15.0. The molecule has 2 aromatic carbocycles. The molecule has 5 heteroatoms. The lowest BCUT2D eigenvalue weighted by molar-refractivity contribution is -0.139. The maximum atomic E-state index is 12.0. The van der Waals surface area contributed by atoms with Crippen LogP contribution in [0.1, 0.15) is 11.7 Å². The topological polar surface area (TPSA) is 56.8 Å². The minimum Gasteiger partial charge on any atom is -0.497 e. The Morgan fingerprint density at radius 2 is 1.48 bits per heavy atom. The summed E-state index contributed by atoms with van der Waals surface area (Å²) in [6.45, 7) is 0. The van der Waals surface area contributed by atoms with Crippen molar-refractivity contribution in [1.29, 1.82) is 0 Å². The van der Waals surface area contributed by atoms with Gasteiger partial charge in [-0.25, -0.2) is 4.79 Å². The molecule has 0 amide bonds. The number of benzene rings is 2. The smallest absolute Gasteiger partial charge is 0.355 e. The van der Waals surface area contributed by atoms with Gasteiger partial charge in [0.05, 0.1) is 14.2 Å². The highest BCUT2D eigenvalue weighted by Gasteiger charge is 2.26. The third-order valence-electron chi connectivity index (χ3n) is 3.59. The van der Waals surface area contributed by atoms with Crippen LogP contribution >= 0.6 is 0 Å². The zero-order valence-corrected chi connectivity index (χ0v) is 12.9. The number of anilines is 1. The summed E-state index contributed by atoms with van der Waals surface area (Å²) in [6, 6.07) is 14.8. The summed E-state index contributed by atoms with van der Waals surface area (Å²) in [7, 11) is 3.22. The van der Waals surface area contributed by atoms with Crippen molar-refractivity contribution in [3.63, 3.8) is 0 Å². The molecule has 0 aromatic heterocycles. The Kier molecular flexibility index (Phi) is 4.19. The first-order chi connectivity index (χ1) is 11.2. The van der Waals surface area contributed by atoms with Crippen LogP contribution in [0.3, 0.4) is 0 Å². The van der Waals surface area contributed by atoms with Crippen LogP contribution in [0.25, 0.3) is 0 Å². The van der Waals surface area contributed by atoms with Gasteiger partial charge in [-0.05, 0) is 48.0 Å². The van der Waals surface area contributed by atoms with Gasteiger partial charge in [0, 0.05) is 5.69 Å². The average Bonchev–Trinajstić information content (AvgIpc) is 2.96. The van der Waals surface area contributed by atoms with Gasteiger partial charge in [0.25, 0.3) is 0 Å². The molecule has 0 saturated carbocycles. The van der Waals surface area contributed by atoms with Crippen molar-refractivity contribution in [3.8, 4) is 11.5 Å². The summed E-state index contributed by atoms with van der Waals surface area (Å²) in [4.78, 5) is 12.0. The van der Waals surface area contributed by atoms with Gasteiger partial charge in [0.2, 0.25) is 0 Å². The van der Waals surface area contributed by atoms with E-state index in [1.54, 1.807) is 20.3 Å². The van der Waals surface area contributed by atoms with E-state index in [9.17, 15) is 4.79 Å². The van der Waals surface area contributed by atoms with Gasteiger partial charge >= 0.3 is 5.97 Å². The molecule has 1 N–H and O–H groups in total. The van der Waals surface area contributed by atoms with Crippen molar-refractivity contribution in [1.82, 2.24) is 0 Å². The third-order valence-corrected chi connectivity index (χ3v) is 3.59. The van der Waals surface area contributed by atoms with Crippen LogP contribution in [0, 0.1) is 0 Å². The van der Waals surface area contributed by atoms with Crippen molar-refractivity contribution in [2.75, 3.05) is 19.5 Å². The molecule has 5 nitrogen and oxygen atoms in total. The summed E-state index contributed by atoms with van der Waals surface area (Å²) in [5, 5.41) is 3.07. The predicted octanol–water partition coefficient (Wildman–Crippen LogP) is 3.30. The maximum absolute atomic E-state index is 12.0. The molecule has 118 valence electrons. The first-order valence-electron chi connectivity index (χ1n) is 7.17. The number of cyclic esters (lactones) is 1. The highest BCUT2D eigenvalue weighted by molar-refractivity contribution is 5.94. The molecule has 23 heavy (non-hydrogen) atoms. The number of carbonyl (C=O) groups excluding carboxylic acids is 1. The van der Waals surface area contributed by atoms with Gasteiger partial charge in [-0.1, -0.05) is 12.1 Å². The van der Waals surface area contributed by atoms with Gasteiger partial charge in [-0.2, -0.15) is 0 Å². The molecule has 3 rings (SSSR count). The van der Waals surface area contributed by atoms with Crippen molar-refractivity contribution >= 4 is 11.7 Å². The molecule has 0 radical (unpaired) electrons. The normalized spacial score (nSPS) is 16.5. The van der Waals surface area contributed by atoms with Gasteiger partial charge in [-0.3, -0.25) is 0 Å². The number of hydrogen-bond donors (Lipinski definition) is 1. The first-order valence-corrected chi connectivity index (χ1v) is 7.17. The SMILES string of the molecule is COc1ccc(NC2=CC(c3ccc(OC)cc3)OC2=O)cc1. The lowest BCUT2D eigenvalue weighted by Crippen LogP contribution is -2.08. The summed E-state index contributed by atoms with van der Waals surface area (Å²) in [5.41, 5.74) is 2.12. The molecule has 0 saturated heterocycles. The van der Waals surface area contributed by atoms with E-state index in [1.165, 1.54) is 0 Å². The number of hydrogen-bond acceptors (Lipinski definition) is 5. The van der Waals surface area contributed by atoms with E-state index in [1.807, 2.05) is 48.5 Å². The lowest BCUT2D eigenvalue weighted by atomic mass is 10.1. The quantitative estimate of drug-likeness (QED) is 0.859. The highest BCUT2D eigenvalue weighted by atomic mass is 16.5. The predicted molar refractivity (Wildman–Crippen MR) is 86.5 cm³/mol. The van der Waals surface area contributed by atoms with Crippen molar-refractivity contribution in [2.24, 2.45) is 0 Å². The Bertz CT molecular complexity index is 720. The fourth-order valence-corrected chi connectivity index (χ4v) is 2.31. The Morgan fingerprint density at radius 3 is 2.04 bits per heavy atom. The molecule has 1 aliphatic heterocycles. The summed E-state index contributed by atoms with van der Waals surface area (Å²) in [5.74, 6) is 1.15. The average molecular weight is 311 g/mol. The van der Waals surface area contributed by atoms with Crippen molar-refractivity contribution < 1.29 is 19.0 Å². The number of esters is 1. The van der Waals surface area contributed by atoms with E-state index in [2.05, 4.69) is 5.32 Å². The van der Waals surface area contributed by atoms with E-state index in [-0.39, 0.29) is 5.97 Å². The number of rotatable bonds is 5. The molecule has 0 spiro atoms. The molecule has 1 unspecified atom stereocenters. The second-order valence-corrected chi connectivity index (χ2v) is 5.03. The van der Waals surface area contributed by atoms with Gasteiger partial charge in [-0.15, -0.1) is 0 Å². The van der Waals surface area contributed by atoms with E-state index in [4.69, 9.17) is 14.2 Å². The van der Waals surface area contributed by atoms with Crippen molar-refractivity contribution in [2.45, 2.75) is 6.10 Å². The summed E-state index contributed by atoms with van der Waals surface area (Å²) in [6.07, 6.45) is 1.38. The molecular weight excluding hydrogens is 294 g/mol. The number of nitrogens with one attached hydrogen (secondary N) is 1. The Balaban J connectivity index is 1.74. The molecule has 0 bridgehead atoms. The molecule has 1 aliphatic rings. The number of carbonyl (C=O) groups is 1. The van der Waals surface area contributed by atoms with E-state index in [0.29, 0.717) is 5.70 Å². The van der Waals surface area contributed by atoms with Crippen LogP contribution in [-0.2, 0) is 9.53 Å². The van der Waals surface area contributed by atoms with Gasteiger partial charge < -0.3 is 19.5 Å². The lowest BCUT2D eigenvalue weighted by Gasteiger charge is -2.08. The fraction of sp³-hybridized carbons (Fsp3) is 0.167. The largest absolute Gasteiger partial charge is 0.497 e. The summed E-state index contributed by atoms with van der Waals surface area (Å²) >= 11 is 0. The molecule has 1 atom stereocenters. The van der Waals surface area contributed by atoms with Crippen LogP contribution in [-0.4, -0.2) is 20.2 Å². The number of ether oxygens (including phenoxy) is 3. The Hall–Kier alpha value is -2.95. The highest BCUT2D eigenvalue weighted by Crippen LogP contribution is 2.29. The maximum Gasteiger partial charge on any atom is 0.355 e. The second-order valence-electron chi connectivity index (χ2n) is 5.03. The molecule has 1 heterocycles. The minimum atomic E-state index is -0.394. The standard InChI is InChI=1S/C18H17NO4/c1-21-14-7-3-12(4-8-14)17-11-16(18(20)23-17)19-13-5-9-15(22-2)10-6-13/h3-11,17,19H,1-2H3. The fourth-order valence-electron chi connectivity index (χ4n) is 2.31. The van der Waals surface area contributed by atoms with Crippen LogP contribution < -0.4 is 14.8 Å². The molecule has 2 aromatic rings. The van der Waals surface area contributed by atoms with Crippen LogP contribution in [0.2, 0.25) is 0 Å². The molecule has 0 fully saturated rings. The second kappa shape index (κ2) is 6.44. The zero-order chi connectivity index (χ0) is 16.2. The van der Waals surface area contributed by atoms with E-state index >= 15 is 0 Å². The van der Waals surface area contributed by atoms with E-state index < -0.39 is 6.10 Å². The van der Waals surface area contributed by atoms with Gasteiger partial charge in [0.15, 0.2) is 0 Å². The minimum absolute atomic E-state index is 0.373. The molecular formula is C18H17NO4. The monoisotopic (exact) mass is 311 g/mol. The Morgan fingerprint density at radius 1 is 0.913 bits per heavy atom. The third kappa shape index (κ3) is 3.29. The van der Waals surface area contributed by atoms with Crippen LogP contribution in [0.4, 0.5) is 5.69 Å². The van der Waals surface area contributed by atoms with E-state index in [0.717, 1.165) is 22.7 Å². The van der Waals surface area contributed by atoms with Crippen LogP contribution in [0.5, 0.6) is 11.5 Å². The van der Waals surface area contributed by atoms with Gasteiger partial charge in [0.1, 0.15) is 23.3 Å². The van der Waals surface area contributed by atoms with Crippen LogP contribution in [0.15, 0.2) is 60.3 Å². The molecule has 0 aliphatic carbocycles. The Labute approximate surface area is 134 Å². The van der Waals surface area contributed by atoms with Crippen molar-refractivity contribution in [3.05, 3.63) is 65.9 Å². The zero-order valence-electron chi connectivity index (χ0n) is 12.9.